The molecule has 98 valence electrons. The Labute approximate surface area is 115 Å². The molecule has 2 heterocycles. The highest BCUT2D eigenvalue weighted by Crippen LogP contribution is 2.24. The lowest BCUT2D eigenvalue weighted by atomic mass is 10.4. The number of allylic oxidation sites excluding steroid dienone is 1. The Balaban J connectivity index is 2.29. The highest BCUT2D eigenvalue weighted by atomic mass is 35.5. The van der Waals surface area contributed by atoms with Crippen molar-refractivity contribution in [3.05, 3.63) is 35.7 Å². The molecular weight excluding hydrogens is 266 g/mol. The molecule has 2 aromatic heterocycles. The second-order valence-electron chi connectivity index (χ2n) is 3.77. The molecule has 0 aliphatic carbocycles. The van der Waals surface area contributed by atoms with Gasteiger partial charge in [0.2, 0.25) is 0 Å². The van der Waals surface area contributed by atoms with Crippen molar-refractivity contribution in [2.75, 3.05) is 5.32 Å². The molecule has 1 N–H and O–H groups in total. The summed E-state index contributed by atoms with van der Waals surface area (Å²) in [5, 5.41) is 7.11. The van der Waals surface area contributed by atoms with Crippen molar-refractivity contribution >= 4 is 34.9 Å². The van der Waals surface area contributed by atoms with E-state index in [1.807, 2.05) is 0 Å². The largest absolute Gasteiger partial charge is 0.360 e. The van der Waals surface area contributed by atoms with Crippen LogP contribution in [-0.2, 0) is 0 Å². The van der Waals surface area contributed by atoms with E-state index >= 15 is 0 Å². The maximum Gasteiger partial charge on any atom is 0.251 e. The Morgan fingerprint density at radius 3 is 3.00 bits per heavy atom. The summed E-state index contributed by atoms with van der Waals surface area (Å²) < 4.78 is 4.95. The molecule has 0 bridgehead atoms. The van der Waals surface area contributed by atoms with Crippen molar-refractivity contribution in [1.82, 2.24) is 15.1 Å². The van der Waals surface area contributed by atoms with E-state index in [4.69, 9.17) is 16.1 Å². The number of aromatic nitrogens is 3. The summed E-state index contributed by atoms with van der Waals surface area (Å²) in [4.78, 5) is 12.4. The number of nitrogens with zero attached hydrogens (tertiary/aromatic N) is 4. The van der Waals surface area contributed by atoms with Crippen LogP contribution in [0, 0.1) is 6.92 Å². The second kappa shape index (κ2) is 5.62. The summed E-state index contributed by atoms with van der Waals surface area (Å²) in [5.41, 5.74) is 0.713. The summed E-state index contributed by atoms with van der Waals surface area (Å²) in [6.07, 6.45) is 3.09. The van der Waals surface area contributed by atoms with Crippen LogP contribution in [0.15, 0.2) is 34.4 Å². The average molecular weight is 278 g/mol. The lowest BCUT2D eigenvalue weighted by Gasteiger charge is -2.04. The Morgan fingerprint density at radius 1 is 1.58 bits per heavy atom. The lowest BCUT2D eigenvalue weighted by Crippen LogP contribution is -1.96. The molecule has 19 heavy (non-hydrogen) atoms. The van der Waals surface area contributed by atoms with Crippen LogP contribution in [0.25, 0.3) is 0 Å². The van der Waals surface area contributed by atoms with Gasteiger partial charge in [-0.05, 0) is 19.9 Å². The van der Waals surface area contributed by atoms with Crippen LogP contribution in [-0.4, -0.2) is 20.8 Å². The maximum atomic E-state index is 6.01. The average Bonchev–Trinajstić information content (AvgIpc) is 2.79. The first-order valence-corrected chi connectivity index (χ1v) is 5.87. The minimum Gasteiger partial charge on any atom is -0.360 e. The number of aryl methyl sites for hydroxylation is 1. The fourth-order valence-corrected chi connectivity index (χ4v) is 1.39. The quantitative estimate of drug-likeness (QED) is 0.866. The zero-order chi connectivity index (χ0) is 13.8. The van der Waals surface area contributed by atoms with Crippen molar-refractivity contribution in [2.45, 2.75) is 13.8 Å². The minimum atomic E-state index is 0.296. The smallest absolute Gasteiger partial charge is 0.251 e. The van der Waals surface area contributed by atoms with Gasteiger partial charge in [0.05, 0.1) is 6.20 Å². The van der Waals surface area contributed by atoms with Crippen molar-refractivity contribution in [1.29, 1.82) is 0 Å². The van der Waals surface area contributed by atoms with Gasteiger partial charge in [0.25, 0.3) is 5.95 Å². The molecule has 0 fully saturated rings. The number of rotatable bonds is 4. The fourth-order valence-electron chi connectivity index (χ4n) is 1.25. The van der Waals surface area contributed by atoms with E-state index in [0.29, 0.717) is 34.1 Å². The number of halogens is 1. The van der Waals surface area contributed by atoms with Crippen molar-refractivity contribution in [2.24, 2.45) is 4.99 Å². The Kier molecular flexibility index (Phi) is 3.91. The molecule has 0 saturated heterocycles. The molecule has 0 spiro atoms. The predicted molar refractivity (Wildman–Crippen MR) is 74.5 cm³/mol. The first-order valence-electron chi connectivity index (χ1n) is 5.49. The number of hydrogen-bond acceptors (Lipinski definition) is 6. The van der Waals surface area contributed by atoms with E-state index in [-0.39, 0.29) is 0 Å². The number of nitrogens with one attached hydrogen (secondary N) is 1. The normalized spacial score (nSPS) is 11.4. The fraction of sp³-hybridized carbons (Fsp3) is 0.167. The zero-order valence-corrected chi connectivity index (χ0v) is 11.3. The minimum absolute atomic E-state index is 0.296. The third-order valence-corrected chi connectivity index (χ3v) is 2.45. The number of aliphatic imine (C=N–C) groups is 1. The third kappa shape index (κ3) is 3.38. The summed E-state index contributed by atoms with van der Waals surface area (Å²) in [6.45, 7) is 7.22. The van der Waals surface area contributed by atoms with Gasteiger partial charge >= 0.3 is 0 Å². The van der Waals surface area contributed by atoms with E-state index in [1.54, 1.807) is 26.0 Å². The summed E-state index contributed by atoms with van der Waals surface area (Å²) >= 11 is 6.01. The molecule has 6 nitrogen and oxygen atoms in total. The van der Waals surface area contributed by atoms with E-state index in [9.17, 15) is 0 Å². The third-order valence-electron chi connectivity index (χ3n) is 2.18. The maximum absolute atomic E-state index is 6.01. The van der Waals surface area contributed by atoms with E-state index in [0.717, 1.165) is 0 Å². The molecule has 2 rings (SSSR count). The molecule has 0 radical (unpaired) electrons. The monoisotopic (exact) mass is 277 g/mol. The van der Waals surface area contributed by atoms with Crippen LogP contribution < -0.4 is 5.32 Å². The Morgan fingerprint density at radius 2 is 2.37 bits per heavy atom. The first kappa shape index (κ1) is 13.2. The summed E-state index contributed by atoms with van der Waals surface area (Å²) in [6, 6.07) is 1.73. The highest BCUT2D eigenvalue weighted by Gasteiger charge is 2.08. The van der Waals surface area contributed by atoms with Gasteiger partial charge in [-0.3, -0.25) is 0 Å². The Bertz CT molecular complexity index is 635. The molecule has 0 amide bonds. The summed E-state index contributed by atoms with van der Waals surface area (Å²) in [5.74, 6) is 1.92. The summed E-state index contributed by atoms with van der Waals surface area (Å²) in [7, 11) is 0. The van der Waals surface area contributed by atoms with Gasteiger partial charge in [-0.2, -0.15) is 4.98 Å². The number of anilines is 2. The van der Waals surface area contributed by atoms with Gasteiger partial charge in [0, 0.05) is 11.8 Å². The van der Waals surface area contributed by atoms with Crippen LogP contribution in [0.1, 0.15) is 12.7 Å². The van der Waals surface area contributed by atoms with Gasteiger partial charge in [0.1, 0.15) is 10.8 Å². The van der Waals surface area contributed by atoms with Crippen LogP contribution in [0.3, 0.4) is 0 Å². The molecule has 0 aliphatic heterocycles. The first-order chi connectivity index (χ1) is 9.08. The van der Waals surface area contributed by atoms with Crippen LogP contribution in [0.4, 0.5) is 17.6 Å². The van der Waals surface area contributed by atoms with Gasteiger partial charge in [-0.15, -0.1) is 0 Å². The Hall–Kier alpha value is -2.21. The van der Waals surface area contributed by atoms with Crippen LogP contribution in [0.2, 0.25) is 5.02 Å². The van der Waals surface area contributed by atoms with E-state index in [1.165, 1.54) is 6.20 Å². The lowest BCUT2D eigenvalue weighted by molar-refractivity contribution is 0.400. The van der Waals surface area contributed by atoms with E-state index < -0.39 is 0 Å². The topological polar surface area (TPSA) is 76.2 Å². The standard InChI is InChI=1S/C12H12ClN5O/c1-4-7(2)15-12-14-6-9(13)11(17-12)16-10-5-8(3)19-18-10/h4-6H,1H2,2-3H3,(H,14,16,17,18). The van der Waals surface area contributed by atoms with Gasteiger partial charge in [-0.1, -0.05) is 23.3 Å². The van der Waals surface area contributed by atoms with Crippen LogP contribution >= 0.6 is 11.6 Å². The van der Waals surface area contributed by atoms with E-state index in [2.05, 4.69) is 32.0 Å². The molecule has 7 heteroatoms. The SMILES string of the molecule is C=CC(C)=Nc1ncc(Cl)c(Nc2cc(C)on2)n1. The molecule has 2 aromatic rings. The van der Waals surface area contributed by atoms with Gasteiger partial charge in [0.15, 0.2) is 11.6 Å². The highest BCUT2D eigenvalue weighted by molar-refractivity contribution is 6.32. The van der Waals surface area contributed by atoms with Crippen LogP contribution in [0.5, 0.6) is 0 Å². The van der Waals surface area contributed by atoms with Gasteiger partial charge in [-0.25, -0.2) is 9.98 Å². The molecule has 0 unspecified atom stereocenters. The number of hydrogen-bond donors (Lipinski definition) is 1. The van der Waals surface area contributed by atoms with Crippen molar-refractivity contribution in [3.63, 3.8) is 0 Å². The van der Waals surface area contributed by atoms with Crippen molar-refractivity contribution in [3.8, 4) is 0 Å². The van der Waals surface area contributed by atoms with Crippen molar-refractivity contribution < 1.29 is 4.52 Å². The zero-order valence-electron chi connectivity index (χ0n) is 10.5. The predicted octanol–water partition coefficient (Wildman–Crippen LogP) is 3.45. The molecular formula is C12H12ClN5O. The molecule has 0 saturated carbocycles. The molecule has 0 aliphatic rings. The van der Waals surface area contributed by atoms with Gasteiger partial charge < -0.3 is 9.84 Å². The molecule has 0 aromatic carbocycles. The second-order valence-corrected chi connectivity index (χ2v) is 4.18. The molecule has 0 atom stereocenters.